The van der Waals surface area contributed by atoms with E-state index < -0.39 is 0 Å². The van der Waals surface area contributed by atoms with Crippen LogP contribution in [0.25, 0.3) is 0 Å². The van der Waals surface area contributed by atoms with E-state index in [1.54, 1.807) is 0 Å². The number of aromatic nitrogens is 2. The molecule has 3 rings (SSSR count). The first kappa shape index (κ1) is 18.3. The second kappa shape index (κ2) is 8.76. The van der Waals surface area contributed by atoms with Gasteiger partial charge in [-0.2, -0.15) is 0 Å². The molecule has 0 aliphatic heterocycles. The molecule has 0 saturated heterocycles. The number of rotatable bonds is 7. The number of aryl methyl sites for hydroxylation is 2. The van der Waals surface area contributed by atoms with Crippen LogP contribution >= 0.6 is 0 Å². The number of nitrogens with two attached hydrogens (primary N) is 1. The third kappa shape index (κ3) is 4.58. The molecular weight excluding hydrogens is 324 g/mol. The van der Waals surface area contributed by atoms with E-state index >= 15 is 0 Å². The van der Waals surface area contributed by atoms with Crippen LogP contribution in [0.1, 0.15) is 47.8 Å². The van der Waals surface area contributed by atoms with Crippen molar-refractivity contribution in [2.45, 2.75) is 45.2 Å². The lowest BCUT2D eigenvalue weighted by Gasteiger charge is -2.35. The van der Waals surface area contributed by atoms with Gasteiger partial charge in [0.25, 0.3) is 0 Å². The number of nitrogens with one attached hydrogen (secondary N) is 2. The van der Waals surface area contributed by atoms with Crippen LogP contribution < -0.4 is 11.1 Å². The first-order valence-corrected chi connectivity index (χ1v) is 9.31. The average Bonchev–Trinajstić information content (AvgIpc) is 2.65. The smallest absolute Gasteiger partial charge is 0.185 e. The monoisotopic (exact) mass is 352 g/mol. The standard InChI is InChI=1S/C20H28N6/c1-15-6-3-10-23-17(15)14-26(13-5-12-25-20(21)22)18-9-2-7-16-8-4-11-24-19(16)18/h3-4,6,8,10-11,18H,2,5,7,9,12-14H2,1H3,(H4,21,22,25). The maximum atomic E-state index is 7.31. The van der Waals surface area contributed by atoms with Crippen LogP contribution in [0, 0.1) is 12.3 Å². The number of fused-ring (bicyclic) bond motifs is 1. The lowest BCUT2D eigenvalue weighted by Crippen LogP contribution is -2.36. The summed E-state index contributed by atoms with van der Waals surface area (Å²) in [7, 11) is 0. The summed E-state index contributed by atoms with van der Waals surface area (Å²) in [6.07, 6.45) is 8.11. The van der Waals surface area contributed by atoms with Crippen molar-refractivity contribution in [3.63, 3.8) is 0 Å². The molecule has 6 nitrogen and oxygen atoms in total. The number of guanidine groups is 1. The van der Waals surface area contributed by atoms with Crippen LogP contribution in [-0.4, -0.2) is 33.9 Å². The van der Waals surface area contributed by atoms with E-state index in [0.29, 0.717) is 12.6 Å². The quantitative estimate of drug-likeness (QED) is 0.405. The van der Waals surface area contributed by atoms with Crippen LogP contribution in [0.5, 0.6) is 0 Å². The van der Waals surface area contributed by atoms with Gasteiger partial charge in [0.05, 0.1) is 17.4 Å². The zero-order chi connectivity index (χ0) is 18.4. The molecule has 1 aliphatic carbocycles. The Morgan fingerprint density at radius 3 is 2.92 bits per heavy atom. The van der Waals surface area contributed by atoms with Crippen LogP contribution in [0.3, 0.4) is 0 Å². The highest BCUT2D eigenvalue weighted by molar-refractivity contribution is 5.74. The zero-order valence-electron chi connectivity index (χ0n) is 15.4. The van der Waals surface area contributed by atoms with E-state index in [1.165, 1.54) is 23.2 Å². The van der Waals surface area contributed by atoms with E-state index in [2.05, 4.69) is 34.3 Å². The largest absolute Gasteiger partial charge is 0.370 e. The van der Waals surface area contributed by atoms with Gasteiger partial charge in [0.1, 0.15) is 0 Å². The topological polar surface area (TPSA) is 90.9 Å². The highest BCUT2D eigenvalue weighted by Gasteiger charge is 2.27. The Bertz CT molecular complexity index is 745. The second-order valence-electron chi connectivity index (χ2n) is 6.89. The van der Waals surface area contributed by atoms with Crippen LogP contribution in [0.4, 0.5) is 0 Å². The van der Waals surface area contributed by atoms with Crippen molar-refractivity contribution in [2.24, 2.45) is 5.73 Å². The van der Waals surface area contributed by atoms with Gasteiger partial charge in [0.15, 0.2) is 5.96 Å². The molecule has 138 valence electrons. The summed E-state index contributed by atoms with van der Waals surface area (Å²) in [4.78, 5) is 11.8. The summed E-state index contributed by atoms with van der Waals surface area (Å²) in [6, 6.07) is 8.66. The minimum absolute atomic E-state index is 0.0294. The molecule has 0 fully saturated rings. The van der Waals surface area contributed by atoms with E-state index in [0.717, 1.165) is 38.0 Å². The Hall–Kier alpha value is -2.47. The van der Waals surface area contributed by atoms with Gasteiger partial charge in [0.2, 0.25) is 0 Å². The summed E-state index contributed by atoms with van der Waals surface area (Å²) in [5.74, 6) is 0.0294. The van der Waals surface area contributed by atoms with E-state index in [1.807, 2.05) is 24.5 Å². The molecule has 4 N–H and O–H groups in total. The highest BCUT2D eigenvalue weighted by atomic mass is 15.2. The molecule has 2 heterocycles. The fourth-order valence-corrected chi connectivity index (χ4v) is 3.67. The molecule has 0 aromatic carbocycles. The fourth-order valence-electron chi connectivity index (χ4n) is 3.67. The summed E-state index contributed by atoms with van der Waals surface area (Å²) in [6.45, 7) is 4.55. The first-order chi connectivity index (χ1) is 12.6. The van der Waals surface area contributed by atoms with Gasteiger partial charge in [-0.3, -0.25) is 20.3 Å². The van der Waals surface area contributed by atoms with Crippen LogP contribution in [0.15, 0.2) is 36.7 Å². The van der Waals surface area contributed by atoms with Gasteiger partial charge < -0.3 is 11.1 Å². The first-order valence-electron chi connectivity index (χ1n) is 9.31. The minimum Gasteiger partial charge on any atom is -0.370 e. The van der Waals surface area contributed by atoms with Crippen molar-refractivity contribution in [2.75, 3.05) is 13.1 Å². The van der Waals surface area contributed by atoms with E-state index in [-0.39, 0.29) is 5.96 Å². The maximum absolute atomic E-state index is 7.31. The maximum Gasteiger partial charge on any atom is 0.185 e. The third-order valence-corrected chi connectivity index (χ3v) is 5.01. The molecule has 1 atom stereocenters. The van der Waals surface area contributed by atoms with Crippen molar-refractivity contribution >= 4 is 5.96 Å². The fraction of sp³-hybridized carbons (Fsp3) is 0.450. The van der Waals surface area contributed by atoms with E-state index in [4.69, 9.17) is 16.1 Å². The Morgan fingerprint density at radius 1 is 1.31 bits per heavy atom. The molecule has 1 aliphatic rings. The Labute approximate surface area is 155 Å². The molecule has 1 unspecified atom stereocenters. The van der Waals surface area contributed by atoms with Crippen molar-refractivity contribution < 1.29 is 0 Å². The Kier molecular flexibility index (Phi) is 6.17. The molecule has 0 saturated carbocycles. The van der Waals surface area contributed by atoms with Crippen LogP contribution in [0.2, 0.25) is 0 Å². The molecule has 0 amide bonds. The lowest BCUT2D eigenvalue weighted by atomic mass is 9.90. The molecule has 6 heteroatoms. The van der Waals surface area contributed by atoms with Crippen molar-refractivity contribution in [3.05, 3.63) is 59.2 Å². The van der Waals surface area contributed by atoms with Gasteiger partial charge in [0, 0.05) is 32.0 Å². The molecule has 0 radical (unpaired) electrons. The van der Waals surface area contributed by atoms with Gasteiger partial charge in [-0.1, -0.05) is 12.1 Å². The minimum atomic E-state index is 0.0294. The SMILES string of the molecule is Cc1cccnc1CN(CCCNC(=N)N)C1CCCc2cccnc21. The second-order valence-corrected chi connectivity index (χ2v) is 6.89. The summed E-state index contributed by atoms with van der Waals surface area (Å²) in [5, 5.41) is 10.2. The average molecular weight is 352 g/mol. The number of pyridine rings is 2. The van der Waals surface area contributed by atoms with Gasteiger partial charge in [-0.15, -0.1) is 0 Å². The molecule has 2 aromatic heterocycles. The predicted molar refractivity (Wildman–Crippen MR) is 104 cm³/mol. The van der Waals surface area contributed by atoms with Gasteiger partial charge >= 0.3 is 0 Å². The lowest BCUT2D eigenvalue weighted by molar-refractivity contribution is 0.162. The molecule has 26 heavy (non-hydrogen) atoms. The molecule has 0 spiro atoms. The van der Waals surface area contributed by atoms with E-state index in [9.17, 15) is 0 Å². The number of nitrogens with zero attached hydrogens (tertiary/aromatic N) is 3. The summed E-state index contributed by atoms with van der Waals surface area (Å²) in [5.41, 5.74) is 10.3. The Morgan fingerprint density at radius 2 is 2.12 bits per heavy atom. The molecule has 2 aromatic rings. The van der Waals surface area contributed by atoms with Crippen molar-refractivity contribution in [1.82, 2.24) is 20.2 Å². The third-order valence-electron chi connectivity index (χ3n) is 5.01. The normalized spacial score (nSPS) is 16.3. The number of hydrogen-bond donors (Lipinski definition) is 3. The predicted octanol–water partition coefficient (Wildman–Crippen LogP) is 2.54. The van der Waals surface area contributed by atoms with Gasteiger partial charge in [-0.25, -0.2) is 0 Å². The highest BCUT2D eigenvalue weighted by Crippen LogP contribution is 2.33. The summed E-state index contributed by atoms with van der Waals surface area (Å²) >= 11 is 0. The zero-order valence-corrected chi connectivity index (χ0v) is 15.4. The van der Waals surface area contributed by atoms with Crippen molar-refractivity contribution in [3.8, 4) is 0 Å². The summed E-state index contributed by atoms with van der Waals surface area (Å²) < 4.78 is 0. The van der Waals surface area contributed by atoms with Gasteiger partial charge in [-0.05, 0) is 55.9 Å². The molecular formula is C20H28N6. The van der Waals surface area contributed by atoms with Crippen molar-refractivity contribution in [1.29, 1.82) is 5.41 Å². The Balaban J connectivity index is 1.78. The molecule has 0 bridgehead atoms. The number of hydrogen-bond acceptors (Lipinski definition) is 4. The van der Waals surface area contributed by atoms with Crippen LogP contribution in [-0.2, 0) is 13.0 Å².